The van der Waals surface area contributed by atoms with Gasteiger partial charge in [0.25, 0.3) is 0 Å². The number of ether oxygens (including phenoxy) is 2. The number of halogens is 1. The lowest BCUT2D eigenvalue weighted by Crippen LogP contribution is -2.03. The van der Waals surface area contributed by atoms with E-state index in [-0.39, 0.29) is 0 Å². The van der Waals surface area contributed by atoms with Crippen molar-refractivity contribution in [2.75, 3.05) is 32.7 Å². The Morgan fingerprint density at radius 2 is 2.06 bits per heavy atom. The van der Waals surface area contributed by atoms with Crippen LogP contribution in [0.25, 0.3) is 0 Å². The van der Waals surface area contributed by atoms with Gasteiger partial charge in [0.15, 0.2) is 0 Å². The standard InChI is InChI=1S/C12H18BrNO2/c1-15-8-4-3-7-14-10-5-6-12(16-2)11(13)9-10/h5-6,9,14H,3-4,7-8H2,1-2H3. The van der Waals surface area contributed by atoms with E-state index in [0.717, 1.165) is 41.9 Å². The van der Waals surface area contributed by atoms with Crippen molar-refractivity contribution in [1.29, 1.82) is 0 Å². The molecule has 0 unspecified atom stereocenters. The van der Waals surface area contributed by atoms with Gasteiger partial charge in [-0.2, -0.15) is 0 Å². The fraction of sp³-hybridized carbons (Fsp3) is 0.500. The van der Waals surface area contributed by atoms with Crippen molar-refractivity contribution in [3.63, 3.8) is 0 Å². The van der Waals surface area contributed by atoms with Crippen molar-refractivity contribution >= 4 is 21.6 Å². The van der Waals surface area contributed by atoms with E-state index in [1.54, 1.807) is 14.2 Å². The van der Waals surface area contributed by atoms with E-state index in [9.17, 15) is 0 Å². The molecule has 1 N–H and O–H groups in total. The summed E-state index contributed by atoms with van der Waals surface area (Å²) < 4.78 is 11.1. The minimum Gasteiger partial charge on any atom is -0.496 e. The fourth-order valence-corrected chi connectivity index (χ4v) is 1.92. The number of hydrogen-bond acceptors (Lipinski definition) is 3. The third-order valence-electron chi connectivity index (χ3n) is 2.26. The summed E-state index contributed by atoms with van der Waals surface area (Å²) in [6, 6.07) is 5.98. The van der Waals surface area contributed by atoms with Crippen molar-refractivity contribution in [1.82, 2.24) is 0 Å². The largest absolute Gasteiger partial charge is 0.496 e. The first kappa shape index (κ1) is 13.3. The summed E-state index contributed by atoms with van der Waals surface area (Å²) in [5.41, 5.74) is 1.10. The van der Waals surface area contributed by atoms with E-state index >= 15 is 0 Å². The maximum Gasteiger partial charge on any atom is 0.133 e. The molecule has 0 atom stereocenters. The number of rotatable bonds is 7. The Bertz CT molecular complexity index is 318. The first-order valence-electron chi connectivity index (χ1n) is 5.34. The number of benzene rings is 1. The molecule has 0 aromatic heterocycles. The van der Waals surface area contributed by atoms with Crippen molar-refractivity contribution in [2.45, 2.75) is 12.8 Å². The number of hydrogen-bond donors (Lipinski definition) is 1. The summed E-state index contributed by atoms with van der Waals surface area (Å²) in [6.45, 7) is 1.79. The van der Waals surface area contributed by atoms with Gasteiger partial charge in [-0.3, -0.25) is 0 Å². The van der Waals surface area contributed by atoms with Gasteiger partial charge in [0, 0.05) is 25.9 Å². The molecule has 1 rings (SSSR count). The topological polar surface area (TPSA) is 30.5 Å². The maximum absolute atomic E-state index is 5.17. The predicted octanol–water partition coefficient (Wildman–Crippen LogP) is 3.30. The van der Waals surface area contributed by atoms with Crippen LogP contribution in [0.1, 0.15) is 12.8 Å². The lowest BCUT2D eigenvalue weighted by atomic mass is 10.2. The Morgan fingerprint density at radius 1 is 1.25 bits per heavy atom. The zero-order valence-corrected chi connectivity index (χ0v) is 11.3. The lowest BCUT2D eigenvalue weighted by Gasteiger charge is -2.08. The van der Waals surface area contributed by atoms with Crippen LogP contribution in [0.15, 0.2) is 22.7 Å². The van der Waals surface area contributed by atoms with Crippen LogP contribution in [-0.2, 0) is 4.74 Å². The monoisotopic (exact) mass is 287 g/mol. The van der Waals surface area contributed by atoms with Crippen molar-refractivity contribution in [3.05, 3.63) is 22.7 Å². The van der Waals surface area contributed by atoms with Crippen LogP contribution in [-0.4, -0.2) is 27.4 Å². The molecule has 0 aliphatic carbocycles. The van der Waals surface area contributed by atoms with Crippen LogP contribution < -0.4 is 10.1 Å². The van der Waals surface area contributed by atoms with E-state index in [1.807, 2.05) is 18.2 Å². The quantitative estimate of drug-likeness (QED) is 0.781. The average Bonchev–Trinajstić information content (AvgIpc) is 2.29. The van der Waals surface area contributed by atoms with Gasteiger partial charge in [-0.05, 0) is 47.0 Å². The van der Waals surface area contributed by atoms with Crippen LogP contribution in [0.3, 0.4) is 0 Å². The smallest absolute Gasteiger partial charge is 0.133 e. The molecular weight excluding hydrogens is 270 g/mol. The Labute approximate surface area is 105 Å². The molecule has 1 aromatic rings. The minimum atomic E-state index is 0.827. The number of anilines is 1. The number of methoxy groups -OCH3 is 2. The van der Waals surface area contributed by atoms with Crippen LogP contribution in [0.4, 0.5) is 5.69 Å². The van der Waals surface area contributed by atoms with Crippen LogP contribution in [0, 0.1) is 0 Å². The zero-order chi connectivity index (χ0) is 11.8. The van der Waals surface area contributed by atoms with Gasteiger partial charge in [-0.15, -0.1) is 0 Å². The van der Waals surface area contributed by atoms with Gasteiger partial charge in [-0.1, -0.05) is 0 Å². The van der Waals surface area contributed by atoms with Gasteiger partial charge in [0.1, 0.15) is 5.75 Å². The van der Waals surface area contributed by atoms with E-state index in [2.05, 4.69) is 21.2 Å². The molecule has 1 aromatic carbocycles. The third-order valence-corrected chi connectivity index (χ3v) is 2.88. The molecule has 4 heteroatoms. The summed E-state index contributed by atoms with van der Waals surface area (Å²) in [5.74, 6) is 0.852. The Kier molecular flexibility index (Phi) is 6.26. The average molecular weight is 288 g/mol. The molecule has 0 spiro atoms. The molecule has 90 valence electrons. The first-order chi connectivity index (χ1) is 7.77. The van der Waals surface area contributed by atoms with Crippen molar-refractivity contribution < 1.29 is 9.47 Å². The zero-order valence-electron chi connectivity index (χ0n) is 9.75. The van der Waals surface area contributed by atoms with Crippen LogP contribution in [0.5, 0.6) is 5.75 Å². The fourth-order valence-electron chi connectivity index (χ4n) is 1.38. The molecule has 0 bridgehead atoms. The third kappa shape index (κ3) is 4.41. The van der Waals surface area contributed by atoms with Gasteiger partial charge in [0.05, 0.1) is 11.6 Å². The SMILES string of the molecule is COCCCCNc1ccc(OC)c(Br)c1. The van der Waals surface area contributed by atoms with Gasteiger partial charge >= 0.3 is 0 Å². The molecule has 0 heterocycles. The summed E-state index contributed by atoms with van der Waals surface area (Å²) in [7, 11) is 3.39. The van der Waals surface area contributed by atoms with E-state index < -0.39 is 0 Å². The summed E-state index contributed by atoms with van der Waals surface area (Å²) in [5, 5.41) is 3.35. The van der Waals surface area contributed by atoms with Crippen LogP contribution in [0.2, 0.25) is 0 Å². The molecule has 0 fully saturated rings. The van der Waals surface area contributed by atoms with Gasteiger partial charge in [0.2, 0.25) is 0 Å². The molecule has 0 aliphatic heterocycles. The highest BCUT2D eigenvalue weighted by atomic mass is 79.9. The second-order valence-corrected chi connectivity index (χ2v) is 4.33. The highest BCUT2D eigenvalue weighted by molar-refractivity contribution is 9.10. The Balaban J connectivity index is 2.34. The lowest BCUT2D eigenvalue weighted by molar-refractivity contribution is 0.194. The second kappa shape index (κ2) is 7.52. The van der Waals surface area contributed by atoms with E-state index in [4.69, 9.17) is 9.47 Å². The molecule has 0 saturated carbocycles. The van der Waals surface area contributed by atoms with Gasteiger partial charge in [-0.25, -0.2) is 0 Å². The Hall–Kier alpha value is -0.740. The highest BCUT2D eigenvalue weighted by Crippen LogP contribution is 2.27. The summed E-state index contributed by atoms with van der Waals surface area (Å²) >= 11 is 3.46. The van der Waals surface area contributed by atoms with E-state index in [0.29, 0.717) is 0 Å². The molecule has 0 radical (unpaired) electrons. The van der Waals surface area contributed by atoms with E-state index in [1.165, 1.54) is 0 Å². The Morgan fingerprint density at radius 3 is 2.69 bits per heavy atom. The van der Waals surface area contributed by atoms with Crippen molar-refractivity contribution in [2.24, 2.45) is 0 Å². The molecule has 16 heavy (non-hydrogen) atoms. The summed E-state index contributed by atoms with van der Waals surface area (Å²) in [6.07, 6.45) is 2.19. The van der Waals surface area contributed by atoms with Crippen LogP contribution >= 0.6 is 15.9 Å². The normalized spacial score (nSPS) is 10.2. The predicted molar refractivity (Wildman–Crippen MR) is 70.3 cm³/mol. The molecule has 0 amide bonds. The maximum atomic E-state index is 5.17. The van der Waals surface area contributed by atoms with Gasteiger partial charge < -0.3 is 14.8 Å². The number of nitrogens with one attached hydrogen (secondary N) is 1. The highest BCUT2D eigenvalue weighted by Gasteiger charge is 2.00. The summed E-state index contributed by atoms with van der Waals surface area (Å²) in [4.78, 5) is 0. The molecule has 0 aliphatic rings. The first-order valence-corrected chi connectivity index (χ1v) is 6.13. The molecule has 3 nitrogen and oxygen atoms in total. The minimum absolute atomic E-state index is 0.827. The number of unbranched alkanes of at least 4 members (excludes halogenated alkanes) is 1. The molecular formula is C12H18BrNO2. The second-order valence-electron chi connectivity index (χ2n) is 3.48. The van der Waals surface area contributed by atoms with Crippen molar-refractivity contribution in [3.8, 4) is 5.75 Å². The molecule has 0 saturated heterocycles.